The maximum absolute atomic E-state index is 5.32. The molecule has 5 nitrogen and oxygen atoms in total. The van der Waals surface area contributed by atoms with Crippen molar-refractivity contribution in [3.05, 3.63) is 65.5 Å². The van der Waals surface area contributed by atoms with Gasteiger partial charge in [0.15, 0.2) is 0 Å². The van der Waals surface area contributed by atoms with Crippen LogP contribution in [0, 0.1) is 0 Å². The van der Waals surface area contributed by atoms with Crippen LogP contribution in [-0.4, -0.2) is 26.7 Å². The van der Waals surface area contributed by atoms with Gasteiger partial charge in [0, 0.05) is 5.56 Å². The molecule has 132 valence electrons. The van der Waals surface area contributed by atoms with Crippen LogP contribution in [0.1, 0.15) is 0 Å². The van der Waals surface area contributed by atoms with Crippen molar-refractivity contribution in [2.45, 2.75) is 0 Å². The van der Waals surface area contributed by atoms with Crippen LogP contribution < -0.4 is 4.74 Å². The van der Waals surface area contributed by atoms with Gasteiger partial charge in [0.2, 0.25) is 0 Å². The second-order valence-corrected chi connectivity index (χ2v) is 7.76. The van der Waals surface area contributed by atoms with Gasteiger partial charge in [-0.15, -0.1) is 22.7 Å². The summed E-state index contributed by atoms with van der Waals surface area (Å²) in [6, 6.07) is 16.0. The number of hydrogen-bond donors (Lipinski definition) is 0. The van der Waals surface area contributed by atoms with E-state index in [1.807, 2.05) is 48.0 Å². The molecule has 0 N–H and O–H groups in total. The van der Waals surface area contributed by atoms with Gasteiger partial charge < -0.3 is 4.74 Å². The smallest absolute Gasteiger partial charge is 0.251 e. The van der Waals surface area contributed by atoms with E-state index < -0.39 is 0 Å². The minimum absolute atomic E-state index is 0.580. The fourth-order valence-corrected chi connectivity index (χ4v) is 4.33. The average Bonchev–Trinajstić information content (AvgIpc) is 3.48. The van der Waals surface area contributed by atoms with Gasteiger partial charge in [0.05, 0.1) is 28.8 Å². The second-order valence-electron chi connectivity index (χ2n) is 5.87. The zero-order valence-electron chi connectivity index (χ0n) is 14.4. The SMILES string of the molecule is COc1cccc(-c2cn3nc(-c4cccs4)c(-c4cccs4)nc3n2)c1. The Morgan fingerprint density at radius 3 is 2.37 bits per heavy atom. The van der Waals surface area contributed by atoms with Crippen LogP contribution in [0.25, 0.3) is 38.2 Å². The summed E-state index contributed by atoms with van der Waals surface area (Å²) in [6.45, 7) is 0. The molecule has 7 heteroatoms. The van der Waals surface area contributed by atoms with Crippen LogP contribution in [0.2, 0.25) is 0 Å². The first-order valence-electron chi connectivity index (χ1n) is 8.31. The fourth-order valence-electron chi connectivity index (χ4n) is 2.91. The Morgan fingerprint density at radius 1 is 0.889 bits per heavy atom. The molecular formula is C20H14N4OS2. The number of hydrogen-bond acceptors (Lipinski definition) is 6. The molecule has 1 aromatic carbocycles. The molecule has 0 unspecified atom stereocenters. The Bertz CT molecular complexity index is 1140. The van der Waals surface area contributed by atoms with Gasteiger partial charge in [-0.05, 0) is 35.0 Å². The van der Waals surface area contributed by atoms with E-state index in [-0.39, 0.29) is 0 Å². The normalized spacial score (nSPS) is 11.1. The molecule has 27 heavy (non-hydrogen) atoms. The number of imidazole rings is 1. The molecular weight excluding hydrogens is 376 g/mol. The first kappa shape index (κ1) is 16.2. The summed E-state index contributed by atoms with van der Waals surface area (Å²) in [6.07, 6.45) is 1.91. The summed E-state index contributed by atoms with van der Waals surface area (Å²) in [4.78, 5) is 11.7. The lowest BCUT2D eigenvalue weighted by Crippen LogP contribution is -1.99. The largest absolute Gasteiger partial charge is 0.497 e. The summed E-state index contributed by atoms with van der Waals surface area (Å²) in [5.41, 5.74) is 3.52. The minimum atomic E-state index is 0.580. The van der Waals surface area contributed by atoms with E-state index in [9.17, 15) is 0 Å². The highest BCUT2D eigenvalue weighted by atomic mass is 32.1. The molecule has 0 spiro atoms. The third-order valence-electron chi connectivity index (χ3n) is 4.19. The minimum Gasteiger partial charge on any atom is -0.497 e. The van der Waals surface area contributed by atoms with E-state index in [2.05, 4.69) is 17.5 Å². The number of rotatable bonds is 4. The summed E-state index contributed by atoms with van der Waals surface area (Å²) in [7, 11) is 1.66. The number of fused-ring (bicyclic) bond motifs is 1. The van der Waals surface area contributed by atoms with E-state index in [0.29, 0.717) is 5.78 Å². The Balaban J connectivity index is 1.71. The number of methoxy groups -OCH3 is 1. The first-order valence-corrected chi connectivity index (χ1v) is 10.1. The molecule has 5 rings (SSSR count). The van der Waals surface area contributed by atoms with Crippen LogP contribution in [0.15, 0.2) is 65.5 Å². The lowest BCUT2D eigenvalue weighted by Gasteiger charge is -2.04. The lowest BCUT2D eigenvalue weighted by molar-refractivity contribution is 0.415. The van der Waals surface area contributed by atoms with Crippen LogP contribution in [-0.2, 0) is 0 Å². The molecule has 4 aromatic heterocycles. The van der Waals surface area contributed by atoms with Crippen LogP contribution >= 0.6 is 22.7 Å². The van der Waals surface area contributed by atoms with Crippen LogP contribution in [0.5, 0.6) is 5.75 Å². The van der Waals surface area contributed by atoms with Crippen molar-refractivity contribution in [3.63, 3.8) is 0 Å². The Hall–Kier alpha value is -3.03. The summed E-state index contributed by atoms with van der Waals surface area (Å²) in [5, 5.41) is 8.94. The second kappa shape index (κ2) is 6.61. The maximum Gasteiger partial charge on any atom is 0.251 e. The molecule has 0 saturated carbocycles. The van der Waals surface area contributed by atoms with E-state index in [4.69, 9.17) is 19.8 Å². The quantitative estimate of drug-likeness (QED) is 0.420. The van der Waals surface area contributed by atoms with Crippen molar-refractivity contribution in [2.24, 2.45) is 0 Å². The van der Waals surface area contributed by atoms with Crippen molar-refractivity contribution in [1.82, 2.24) is 19.6 Å². The highest BCUT2D eigenvalue weighted by molar-refractivity contribution is 7.14. The lowest BCUT2D eigenvalue weighted by atomic mass is 10.1. The van der Waals surface area contributed by atoms with E-state index in [1.165, 1.54) is 0 Å². The number of aromatic nitrogens is 4. The average molecular weight is 390 g/mol. The fraction of sp³-hybridized carbons (Fsp3) is 0.0500. The summed E-state index contributed by atoms with van der Waals surface area (Å²) >= 11 is 3.31. The van der Waals surface area contributed by atoms with Crippen molar-refractivity contribution >= 4 is 28.5 Å². The molecule has 0 aliphatic carbocycles. The van der Waals surface area contributed by atoms with Gasteiger partial charge in [-0.3, -0.25) is 0 Å². The Kier molecular flexibility index (Phi) is 3.95. The molecule has 5 aromatic rings. The van der Waals surface area contributed by atoms with Gasteiger partial charge in [0.25, 0.3) is 5.78 Å². The monoisotopic (exact) mass is 390 g/mol. The predicted molar refractivity (Wildman–Crippen MR) is 109 cm³/mol. The number of ether oxygens (including phenoxy) is 1. The molecule has 0 radical (unpaired) electrons. The van der Waals surface area contributed by atoms with Crippen molar-refractivity contribution in [2.75, 3.05) is 7.11 Å². The number of nitrogens with zero attached hydrogens (tertiary/aromatic N) is 4. The van der Waals surface area contributed by atoms with Crippen molar-refractivity contribution < 1.29 is 4.74 Å². The van der Waals surface area contributed by atoms with Crippen molar-refractivity contribution in [3.8, 4) is 38.1 Å². The molecule has 4 heterocycles. The topological polar surface area (TPSA) is 52.3 Å². The van der Waals surface area contributed by atoms with E-state index in [0.717, 1.165) is 38.1 Å². The predicted octanol–water partition coefficient (Wildman–Crippen LogP) is 5.26. The van der Waals surface area contributed by atoms with Gasteiger partial charge in [0.1, 0.15) is 17.1 Å². The molecule has 0 aliphatic heterocycles. The van der Waals surface area contributed by atoms with Crippen LogP contribution in [0.3, 0.4) is 0 Å². The highest BCUT2D eigenvalue weighted by Crippen LogP contribution is 2.34. The molecule has 0 aliphatic rings. The molecule has 0 fully saturated rings. The zero-order valence-corrected chi connectivity index (χ0v) is 16.0. The van der Waals surface area contributed by atoms with Gasteiger partial charge in [-0.1, -0.05) is 24.3 Å². The maximum atomic E-state index is 5.32. The molecule has 0 bridgehead atoms. The number of benzene rings is 1. The number of thiophene rings is 2. The van der Waals surface area contributed by atoms with E-state index in [1.54, 1.807) is 34.3 Å². The Labute approximate surface area is 163 Å². The van der Waals surface area contributed by atoms with Gasteiger partial charge in [-0.2, -0.15) is 5.10 Å². The Morgan fingerprint density at radius 2 is 1.67 bits per heavy atom. The van der Waals surface area contributed by atoms with E-state index >= 15 is 0 Å². The third kappa shape index (κ3) is 2.90. The third-order valence-corrected chi connectivity index (χ3v) is 5.94. The standard InChI is InChI=1S/C20H14N4OS2/c1-25-14-6-2-5-13(11-14)15-12-24-20(21-15)22-18(16-7-3-9-26-16)19(23-24)17-8-4-10-27-17/h2-12H,1H3. The summed E-state index contributed by atoms with van der Waals surface area (Å²) < 4.78 is 7.07. The van der Waals surface area contributed by atoms with Crippen molar-refractivity contribution in [1.29, 1.82) is 0 Å². The van der Waals surface area contributed by atoms with Gasteiger partial charge in [-0.25, -0.2) is 14.5 Å². The molecule has 0 amide bonds. The molecule has 0 saturated heterocycles. The summed E-state index contributed by atoms with van der Waals surface area (Å²) in [5.74, 6) is 1.38. The highest BCUT2D eigenvalue weighted by Gasteiger charge is 2.17. The van der Waals surface area contributed by atoms with Gasteiger partial charge >= 0.3 is 0 Å². The molecule has 0 atom stereocenters. The zero-order chi connectivity index (χ0) is 18.2. The van der Waals surface area contributed by atoms with Crippen LogP contribution in [0.4, 0.5) is 0 Å². The first-order chi connectivity index (χ1) is 13.3.